The van der Waals surface area contributed by atoms with E-state index in [1.54, 1.807) is 11.7 Å². The first-order valence-electron chi connectivity index (χ1n) is 5.44. The average molecular weight is 323 g/mol. The number of thioether (sulfide) groups is 1. The van der Waals surface area contributed by atoms with Crippen molar-refractivity contribution in [2.24, 2.45) is 7.05 Å². The van der Waals surface area contributed by atoms with Crippen LogP contribution in [0.2, 0.25) is 5.02 Å². The average Bonchev–Trinajstić information content (AvgIpc) is 2.63. The van der Waals surface area contributed by atoms with Crippen molar-refractivity contribution in [3.05, 3.63) is 34.9 Å². The molecule has 1 aromatic carbocycles. The summed E-state index contributed by atoms with van der Waals surface area (Å²) in [7, 11) is 1.71. The minimum Gasteiger partial charge on any atom is -0.436 e. The summed E-state index contributed by atoms with van der Waals surface area (Å²) in [6.07, 6.45) is -2.53. The number of aryl methyl sites for hydroxylation is 1. The van der Waals surface area contributed by atoms with Crippen LogP contribution in [0.4, 0.5) is 13.2 Å². The van der Waals surface area contributed by atoms with E-state index < -0.39 is 11.7 Å². The Bertz CT molecular complexity index is 610. The van der Waals surface area contributed by atoms with E-state index in [9.17, 15) is 13.2 Å². The van der Waals surface area contributed by atoms with E-state index in [1.165, 1.54) is 23.9 Å². The van der Waals surface area contributed by atoms with Crippen LogP contribution in [0.5, 0.6) is 11.6 Å². The lowest BCUT2D eigenvalue weighted by Crippen LogP contribution is -2.04. The van der Waals surface area contributed by atoms with Gasteiger partial charge in [-0.25, -0.2) is 0 Å². The molecule has 1 aromatic heterocycles. The number of hydrogen-bond acceptors (Lipinski definition) is 3. The molecule has 2 rings (SSSR count). The van der Waals surface area contributed by atoms with Gasteiger partial charge in [0.2, 0.25) is 0 Å². The predicted molar refractivity (Wildman–Crippen MR) is 71.5 cm³/mol. The molecule has 3 nitrogen and oxygen atoms in total. The predicted octanol–water partition coefficient (Wildman–Crippen LogP) is 4.61. The number of hydrogen-bond donors (Lipinski definition) is 0. The topological polar surface area (TPSA) is 27.1 Å². The molecule has 0 bridgehead atoms. The second-order valence-corrected chi connectivity index (χ2v) is 5.05. The van der Waals surface area contributed by atoms with Crippen molar-refractivity contribution < 1.29 is 17.9 Å². The maximum absolute atomic E-state index is 12.4. The van der Waals surface area contributed by atoms with Gasteiger partial charge in [-0.05, 0) is 30.5 Å². The summed E-state index contributed by atoms with van der Waals surface area (Å²) >= 11 is 7.47. The smallest absolute Gasteiger partial charge is 0.416 e. The Kier molecular flexibility index (Phi) is 4.19. The first kappa shape index (κ1) is 15.1. The van der Waals surface area contributed by atoms with E-state index in [-0.39, 0.29) is 11.6 Å². The first-order chi connectivity index (χ1) is 9.32. The third kappa shape index (κ3) is 3.04. The lowest BCUT2D eigenvalue weighted by molar-refractivity contribution is -0.137. The molecule has 0 fully saturated rings. The largest absolute Gasteiger partial charge is 0.436 e. The Morgan fingerprint density at radius 2 is 1.85 bits per heavy atom. The van der Waals surface area contributed by atoms with Gasteiger partial charge < -0.3 is 4.74 Å². The highest BCUT2D eigenvalue weighted by Gasteiger charge is 2.30. The SMILES string of the molecule is CSc1c(Cl)c(Oc2ccc(C(F)(F)F)cc2)nn1C. The number of halogens is 4. The fourth-order valence-corrected chi connectivity index (χ4v) is 2.57. The first-order valence-corrected chi connectivity index (χ1v) is 7.05. The van der Waals surface area contributed by atoms with E-state index in [0.717, 1.165) is 12.1 Å². The molecule has 20 heavy (non-hydrogen) atoms. The Hall–Kier alpha value is -1.34. The molecule has 0 aliphatic rings. The standard InChI is InChI=1S/C12H10ClF3N2OS/c1-18-11(20-2)9(13)10(17-18)19-8-5-3-7(4-6-8)12(14,15)16/h3-6H,1-2H3. The summed E-state index contributed by atoms with van der Waals surface area (Å²) in [5.74, 6) is 0.406. The zero-order valence-corrected chi connectivity index (χ0v) is 12.1. The molecule has 0 N–H and O–H groups in total. The van der Waals surface area contributed by atoms with Gasteiger partial charge >= 0.3 is 6.18 Å². The molecule has 108 valence electrons. The van der Waals surface area contributed by atoms with Crippen LogP contribution in [-0.4, -0.2) is 16.0 Å². The number of ether oxygens (including phenoxy) is 1. The molecule has 0 aliphatic heterocycles. The van der Waals surface area contributed by atoms with Crippen molar-refractivity contribution in [2.75, 3.05) is 6.26 Å². The maximum atomic E-state index is 12.4. The van der Waals surface area contributed by atoms with Crippen molar-refractivity contribution >= 4 is 23.4 Å². The minimum absolute atomic E-state index is 0.165. The number of benzene rings is 1. The summed E-state index contributed by atoms with van der Waals surface area (Å²) in [6, 6.07) is 4.35. The van der Waals surface area contributed by atoms with Gasteiger partial charge in [0.1, 0.15) is 15.8 Å². The van der Waals surface area contributed by atoms with Gasteiger partial charge in [0.05, 0.1) is 5.56 Å². The van der Waals surface area contributed by atoms with E-state index >= 15 is 0 Å². The van der Waals surface area contributed by atoms with Gasteiger partial charge in [0.15, 0.2) is 0 Å². The summed E-state index contributed by atoms with van der Waals surface area (Å²) < 4.78 is 44.2. The molecule has 0 radical (unpaired) electrons. The second kappa shape index (κ2) is 5.57. The Labute approximate surface area is 122 Å². The van der Waals surface area contributed by atoms with Crippen LogP contribution in [0.25, 0.3) is 0 Å². The number of nitrogens with zero attached hydrogens (tertiary/aromatic N) is 2. The van der Waals surface area contributed by atoms with Gasteiger partial charge in [-0.3, -0.25) is 4.68 Å². The van der Waals surface area contributed by atoms with Crippen molar-refractivity contribution in [1.29, 1.82) is 0 Å². The van der Waals surface area contributed by atoms with Crippen molar-refractivity contribution in [3.8, 4) is 11.6 Å². The van der Waals surface area contributed by atoms with E-state index in [0.29, 0.717) is 10.0 Å². The van der Waals surface area contributed by atoms with E-state index in [1.807, 2.05) is 6.26 Å². The summed E-state index contributed by atoms with van der Waals surface area (Å²) in [6.45, 7) is 0. The van der Waals surface area contributed by atoms with Crippen LogP contribution in [0, 0.1) is 0 Å². The van der Waals surface area contributed by atoms with Gasteiger partial charge in [-0.15, -0.1) is 16.9 Å². The number of alkyl halides is 3. The summed E-state index contributed by atoms with van der Waals surface area (Å²) in [4.78, 5) is 0. The van der Waals surface area contributed by atoms with Crippen molar-refractivity contribution in [2.45, 2.75) is 11.2 Å². The van der Waals surface area contributed by atoms with Crippen LogP contribution in [0.15, 0.2) is 29.3 Å². The number of rotatable bonds is 3. The van der Waals surface area contributed by atoms with Crippen LogP contribution in [0.1, 0.15) is 5.56 Å². The Morgan fingerprint density at radius 3 is 2.30 bits per heavy atom. The van der Waals surface area contributed by atoms with Gasteiger partial charge in [0, 0.05) is 7.05 Å². The fourth-order valence-electron chi connectivity index (χ4n) is 1.57. The molecule has 0 spiro atoms. The third-order valence-electron chi connectivity index (χ3n) is 2.50. The number of aromatic nitrogens is 2. The monoisotopic (exact) mass is 322 g/mol. The lowest BCUT2D eigenvalue weighted by atomic mass is 10.2. The molecule has 0 atom stereocenters. The molecular formula is C12H10ClF3N2OS. The highest BCUT2D eigenvalue weighted by molar-refractivity contribution is 7.98. The molecule has 8 heteroatoms. The molecule has 1 heterocycles. The van der Waals surface area contributed by atoms with Crippen LogP contribution >= 0.6 is 23.4 Å². The zero-order chi connectivity index (χ0) is 14.9. The summed E-state index contributed by atoms with van der Waals surface area (Å²) in [5.41, 5.74) is -0.734. The molecular weight excluding hydrogens is 313 g/mol. The Balaban J connectivity index is 2.23. The second-order valence-electron chi connectivity index (χ2n) is 3.88. The molecule has 2 aromatic rings. The highest BCUT2D eigenvalue weighted by atomic mass is 35.5. The van der Waals surface area contributed by atoms with E-state index in [4.69, 9.17) is 16.3 Å². The van der Waals surface area contributed by atoms with Crippen molar-refractivity contribution in [1.82, 2.24) is 9.78 Å². The fraction of sp³-hybridized carbons (Fsp3) is 0.250. The molecule has 0 saturated heterocycles. The lowest BCUT2D eigenvalue weighted by Gasteiger charge is -2.07. The molecule has 0 saturated carbocycles. The summed E-state index contributed by atoms with van der Waals surface area (Å²) in [5, 5.41) is 5.12. The molecule has 0 unspecified atom stereocenters. The Morgan fingerprint density at radius 1 is 1.25 bits per heavy atom. The molecule has 0 amide bonds. The quantitative estimate of drug-likeness (QED) is 0.772. The van der Waals surface area contributed by atoms with Crippen LogP contribution in [-0.2, 0) is 13.2 Å². The van der Waals surface area contributed by atoms with Gasteiger partial charge in [-0.1, -0.05) is 11.6 Å². The van der Waals surface area contributed by atoms with Crippen molar-refractivity contribution in [3.63, 3.8) is 0 Å². The molecule has 0 aliphatic carbocycles. The van der Waals surface area contributed by atoms with Gasteiger partial charge in [-0.2, -0.15) is 13.2 Å². The zero-order valence-electron chi connectivity index (χ0n) is 10.5. The van der Waals surface area contributed by atoms with Crippen LogP contribution < -0.4 is 4.74 Å². The minimum atomic E-state index is -4.37. The van der Waals surface area contributed by atoms with Crippen LogP contribution in [0.3, 0.4) is 0 Å². The third-order valence-corrected chi connectivity index (χ3v) is 3.81. The normalized spacial score (nSPS) is 11.7. The van der Waals surface area contributed by atoms with E-state index in [2.05, 4.69) is 5.10 Å². The highest BCUT2D eigenvalue weighted by Crippen LogP contribution is 2.36. The maximum Gasteiger partial charge on any atom is 0.416 e. The van der Waals surface area contributed by atoms with Gasteiger partial charge in [0.25, 0.3) is 5.88 Å².